The zero-order chi connectivity index (χ0) is 15.6. The first-order chi connectivity index (χ1) is 8.97. The molecule has 1 saturated heterocycles. The molecule has 1 aliphatic rings. The fourth-order valence-electron chi connectivity index (χ4n) is 2.23. The van der Waals surface area contributed by atoms with Crippen molar-refractivity contribution < 1.29 is 28.9 Å². The predicted molar refractivity (Wildman–Crippen MR) is 71.2 cm³/mol. The first-order valence-corrected chi connectivity index (χ1v) is 6.76. The first-order valence-electron chi connectivity index (χ1n) is 6.76. The van der Waals surface area contributed by atoms with E-state index in [9.17, 15) is 9.59 Å². The molecule has 1 rings (SSSR count). The van der Waals surface area contributed by atoms with Gasteiger partial charge < -0.3 is 19.3 Å². The van der Waals surface area contributed by atoms with Gasteiger partial charge in [0, 0.05) is 6.42 Å². The van der Waals surface area contributed by atoms with Crippen molar-refractivity contribution in [2.24, 2.45) is 0 Å². The van der Waals surface area contributed by atoms with E-state index < -0.39 is 29.6 Å². The summed E-state index contributed by atoms with van der Waals surface area (Å²) in [6.45, 7) is 8.82. The molecule has 6 heteroatoms. The van der Waals surface area contributed by atoms with E-state index in [0.717, 1.165) is 0 Å². The lowest BCUT2D eigenvalue weighted by Gasteiger charge is -2.40. The summed E-state index contributed by atoms with van der Waals surface area (Å²) < 4.78 is 16.4. The van der Waals surface area contributed by atoms with Crippen molar-refractivity contribution in [3.63, 3.8) is 0 Å². The van der Waals surface area contributed by atoms with Gasteiger partial charge >= 0.3 is 11.9 Å². The largest absolute Gasteiger partial charge is 0.481 e. The average Bonchev–Trinajstić information content (AvgIpc) is 2.08. The summed E-state index contributed by atoms with van der Waals surface area (Å²) in [6, 6.07) is 0. The second kappa shape index (κ2) is 6.10. The summed E-state index contributed by atoms with van der Waals surface area (Å²) in [7, 11) is 0. The standard InChI is InChI=1S/C14H24O6/c1-13(2,3)20-12(17)8-10-6-9(7-11(15)16)18-14(4,5)19-10/h9-10H,6-8H2,1-5H3,(H,15,16). The van der Waals surface area contributed by atoms with Gasteiger partial charge in [0.05, 0.1) is 25.0 Å². The molecule has 0 aromatic carbocycles. The van der Waals surface area contributed by atoms with Gasteiger partial charge in [-0.3, -0.25) is 9.59 Å². The summed E-state index contributed by atoms with van der Waals surface area (Å²) >= 11 is 0. The maximum absolute atomic E-state index is 11.8. The molecule has 0 aliphatic carbocycles. The van der Waals surface area contributed by atoms with E-state index in [4.69, 9.17) is 19.3 Å². The predicted octanol–water partition coefficient (Wildman–Crippen LogP) is 2.10. The van der Waals surface area contributed by atoms with Crippen LogP contribution in [0.2, 0.25) is 0 Å². The van der Waals surface area contributed by atoms with E-state index >= 15 is 0 Å². The molecule has 20 heavy (non-hydrogen) atoms. The molecule has 1 heterocycles. The fraction of sp³-hybridized carbons (Fsp3) is 0.857. The Balaban J connectivity index is 2.60. The van der Waals surface area contributed by atoms with Crippen LogP contribution in [-0.4, -0.2) is 40.6 Å². The molecule has 0 radical (unpaired) electrons. The monoisotopic (exact) mass is 288 g/mol. The van der Waals surface area contributed by atoms with Crippen molar-refractivity contribution in [3.8, 4) is 0 Å². The zero-order valence-corrected chi connectivity index (χ0v) is 12.8. The van der Waals surface area contributed by atoms with Crippen LogP contribution in [0.1, 0.15) is 53.9 Å². The molecule has 1 aliphatic heterocycles. The number of carboxylic acids is 1. The van der Waals surface area contributed by atoms with E-state index in [1.54, 1.807) is 34.6 Å². The molecular weight excluding hydrogens is 264 g/mol. The molecule has 2 atom stereocenters. The number of aliphatic carboxylic acids is 1. The second-order valence-corrected chi connectivity index (χ2v) is 6.50. The number of esters is 1. The Kier molecular flexibility index (Phi) is 5.15. The van der Waals surface area contributed by atoms with Gasteiger partial charge in [-0.2, -0.15) is 0 Å². The lowest BCUT2D eigenvalue weighted by molar-refractivity contribution is -0.300. The third kappa shape index (κ3) is 6.34. The lowest BCUT2D eigenvalue weighted by Crippen LogP contribution is -2.46. The van der Waals surface area contributed by atoms with Crippen LogP contribution in [0.25, 0.3) is 0 Å². The molecule has 0 amide bonds. The molecule has 1 fully saturated rings. The highest BCUT2D eigenvalue weighted by atomic mass is 16.7. The Hall–Kier alpha value is -1.14. The average molecular weight is 288 g/mol. The molecule has 6 nitrogen and oxygen atoms in total. The van der Waals surface area contributed by atoms with Crippen molar-refractivity contribution in [1.29, 1.82) is 0 Å². The number of carbonyl (C=O) groups excluding carboxylic acids is 1. The maximum atomic E-state index is 11.8. The van der Waals surface area contributed by atoms with Crippen LogP contribution in [0.3, 0.4) is 0 Å². The highest BCUT2D eigenvalue weighted by molar-refractivity contribution is 5.70. The smallest absolute Gasteiger partial charge is 0.308 e. The minimum absolute atomic E-state index is 0.0974. The van der Waals surface area contributed by atoms with Gasteiger partial charge in [0.25, 0.3) is 0 Å². The normalized spacial score (nSPS) is 26.1. The Morgan fingerprint density at radius 3 is 2.15 bits per heavy atom. The highest BCUT2D eigenvalue weighted by Gasteiger charge is 2.37. The Morgan fingerprint density at radius 1 is 1.20 bits per heavy atom. The summed E-state index contributed by atoms with van der Waals surface area (Å²) in [6.07, 6.45) is -0.478. The minimum atomic E-state index is -0.927. The molecule has 0 saturated carbocycles. The number of rotatable bonds is 4. The van der Waals surface area contributed by atoms with Crippen LogP contribution in [0.15, 0.2) is 0 Å². The van der Waals surface area contributed by atoms with Crippen molar-refractivity contribution in [2.75, 3.05) is 0 Å². The van der Waals surface area contributed by atoms with E-state index in [0.29, 0.717) is 6.42 Å². The number of hydrogen-bond donors (Lipinski definition) is 1. The molecule has 2 unspecified atom stereocenters. The molecule has 1 N–H and O–H groups in total. The Morgan fingerprint density at radius 2 is 1.70 bits per heavy atom. The van der Waals surface area contributed by atoms with Crippen molar-refractivity contribution in [3.05, 3.63) is 0 Å². The van der Waals surface area contributed by atoms with Gasteiger partial charge in [-0.15, -0.1) is 0 Å². The Labute approximate surface area is 119 Å². The van der Waals surface area contributed by atoms with Gasteiger partial charge in [-0.05, 0) is 34.6 Å². The van der Waals surface area contributed by atoms with Crippen LogP contribution >= 0.6 is 0 Å². The number of carbonyl (C=O) groups is 2. The van der Waals surface area contributed by atoms with Gasteiger partial charge in [-0.25, -0.2) is 0 Å². The summed E-state index contributed by atoms with van der Waals surface area (Å²) in [5.41, 5.74) is -0.543. The molecule has 0 aromatic heterocycles. The summed E-state index contributed by atoms with van der Waals surface area (Å²) in [5, 5.41) is 8.84. The van der Waals surface area contributed by atoms with E-state index in [1.165, 1.54) is 0 Å². The van der Waals surface area contributed by atoms with Crippen LogP contribution in [-0.2, 0) is 23.8 Å². The SMILES string of the molecule is CC(C)(C)OC(=O)CC1CC(CC(=O)O)OC(C)(C)O1. The lowest BCUT2D eigenvalue weighted by atomic mass is 10.0. The van der Waals surface area contributed by atoms with E-state index in [2.05, 4.69) is 0 Å². The number of hydrogen-bond acceptors (Lipinski definition) is 5. The Bertz CT molecular complexity index is 368. The number of carboxylic acid groups (broad SMARTS) is 1. The third-order valence-corrected chi connectivity index (χ3v) is 2.64. The summed E-state index contributed by atoms with van der Waals surface area (Å²) in [4.78, 5) is 22.6. The van der Waals surface area contributed by atoms with Crippen LogP contribution in [0, 0.1) is 0 Å². The van der Waals surface area contributed by atoms with Crippen molar-refractivity contribution >= 4 is 11.9 Å². The van der Waals surface area contributed by atoms with E-state index in [-0.39, 0.29) is 18.8 Å². The first kappa shape index (κ1) is 16.9. The molecule has 0 bridgehead atoms. The minimum Gasteiger partial charge on any atom is -0.481 e. The highest BCUT2D eigenvalue weighted by Crippen LogP contribution is 2.30. The van der Waals surface area contributed by atoms with Crippen LogP contribution < -0.4 is 0 Å². The van der Waals surface area contributed by atoms with Crippen LogP contribution in [0.4, 0.5) is 0 Å². The van der Waals surface area contributed by atoms with E-state index in [1.807, 2.05) is 0 Å². The maximum Gasteiger partial charge on any atom is 0.308 e. The molecule has 0 spiro atoms. The van der Waals surface area contributed by atoms with Gasteiger partial charge in [-0.1, -0.05) is 0 Å². The molecule has 116 valence electrons. The third-order valence-electron chi connectivity index (χ3n) is 2.64. The second-order valence-electron chi connectivity index (χ2n) is 6.50. The fourth-order valence-corrected chi connectivity index (χ4v) is 2.23. The molecular formula is C14H24O6. The van der Waals surface area contributed by atoms with Crippen molar-refractivity contribution in [2.45, 2.75) is 77.5 Å². The van der Waals surface area contributed by atoms with Gasteiger partial charge in [0.1, 0.15) is 5.60 Å². The topological polar surface area (TPSA) is 82.1 Å². The quantitative estimate of drug-likeness (QED) is 0.798. The number of ether oxygens (including phenoxy) is 3. The zero-order valence-electron chi connectivity index (χ0n) is 12.8. The summed E-state index contributed by atoms with van der Waals surface area (Å²) in [5.74, 6) is -2.18. The van der Waals surface area contributed by atoms with Crippen LogP contribution in [0.5, 0.6) is 0 Å². The van der Waals surface area contributed by atoms with Gasteiger partial charge in [0.2, 0.25) is 0 Å². The molecule has 0 aromatic rings. The van der Waals surface area contributed by atoms with Gasteiger partial charge in [0.15, 0.2) is 5.79 Å². The van der Waals surface area contributed by atoms with Crippen molar-refractivity contribution in [1.82, 2.24) is 0 Å².